The summed E-state index contributed by atoms with van der Waals surface area (Å²) in [5.74, 6) is 0.651. The topological polar surface area (TPSA) is 80.5 Å². The van der Waals surface area contributed by atoms with E-state index in [9.17, 15) is 18.5 Å². The number of hydrogen-bond acceptors (Lipinski definition) is 5. The van der Waals surface area contributed by atoms with Crippen LogP contribution in [0.1, 0.15) is 16.5 Å². The van der Waals surface area contributed by atoms with Crippen LogP contribution < -0.4 is 0 Å². The van der Waals surface area contributed by atoms with Crippen molar-refractivity contribution >= 4 is 27.5 Å². The fraction of sp³-hybridized carbons (Fsp3) is 0.250. The van der Waals surface area contributed by atoms with Crippen molar-refractivity contribution in [2.24, 2.45) is 0 Å². The minimum atomic E-state index is -3.64. The second kappa shape index (κ2) is 6.54. The van der Waals surface area contributed by atoms with Crippen molar-refractivity contribution < 1.29 is 13.3 Å². The standard InChI is InChI=1S/C16H16N2O4S2/c1-12-5-7-15(8-6-12)24(21,22)17-9-10-23-16(17)13-3-2-4-14(11-13)18(19)20/h2-8,11,16H,9-10H2,1H3/t16-/m1/s1. The molecule has 1 aliphatic rings. The van der Waals surface area contributed by atoms with Gasteiger partial charge in [-0.15, -0.1) is 11.8 Å². The molecular weight excluding hydrogens is 348 g/mol. The maximum absolute atomic E-state index is 12.9. The molecule has 3 rings (SSSR count). The Kier molecular flexibility index (Phi) is 4.62. The number of nitrogens with zero attached hydrogens (tertiary/aromatic N) is 2. The lowest BCUT2D eigenvalue weighted by Crippen LogP contribution is -2.30. The molecule has 6 nitrogen and oxygen atoms in total. The normalized spacial score (nSPS) is 18.6. The minimum Gasteiger partial charge on any atom is -0.258 e. The summed E-state index contributed by atoms with van der Waals surface area (Å²) in [5.41, 5.74) is 1.58. The summed E-state index contributed by atoms with van der Waals surface area (Å²) in [6, 6.07) is 12.9. The molecule has 1 fully saturated rings. The van der Waals surface area contributed by atoms with Crippen LogP contribution in [0.5, 0.6) is 0 Å². The van der Waals surface area contributed by atoms with Crippen molar-refractivity contribution in [3.05, 3.63) is 69.8 Å². The molecule has 24 heavy (non-hydrogen) atoms. The molecule has 1 aliphatic heterocycles. The number of non-ortho nitro benzene ring substituents is 1. The van der Waals surface area contributed by atoms with Gasteiger partial charge in [0.25, 0.3) is 5.69 Å². The fourth-order valence-electron chi connectivity index (χ4n) is 2.60. The zero-order valence-corrected chi connectivity index (χ0v) is 14.6. The van der Waals surface area contributed by atoms with Gasteiger partial charge in [0, 0.05) is 24.4 Å². The van der Waals surface area contributed by atoms with Crippen LogP contribution in [-0.4, -0.2) is 29.9 Å². The molecule has 126 valence electrons. The zero-order chi connectivity index (χ0) is 17.3. The molecule has 1 atom stereocenters. The molecule has 0 aromatic heterocycles. The highest BCUT2D eigenvalue weighted by Gasteiger charge is 2.37. The van der Waals surface area contributed by atoms with Gasteiger partial charge < -0.3 is 0 Å². The van der Waals surface area contributed by atoms with Crippen LogP contribution in [0, 0.1) is 17.0 Å². The number of sulfonamides is 1. The van der Waals surface area contributed by atoms with E-state index < -0.39 is 20.3 Å². The highest BCUT2D eigenvalue weighted by Crippen LogP contribution is 2.42. The van der Waals surface area contributed by atoms with E-state index >= 15 is 0 Å². The van der Waals surface area contributed by atoms with Gasteiger partial charge in [-0.1, -0.05) is 29.8 Å². The molecule has 0 amide bonds. The van der Waals surface area contributed by atoms with E-state index in [1.807, 2.05) is 6.92 Å². The Bertz CT molecular complexity index is 866. The van der Waals surface area contributed by atoms with E-state index in [1.165, 1.54) is 28.2 Å². The second-order valence-corrected chi connectivity index (χ2v) is 8.58. The number of rotatable bonds is 4. The average Bonchev–Trinajstić information content (AvgIpc) is 3.06. The third-order valence-electron chi connectivity index (χ3n) is 3.84. The number of nitro groups is 1. The third kappa shape index (κ3) is 3.17. The summed E-state index contributed by atoms with van der Waals surface area (Å²) in [6.45, 7) is 2.28. The largest absolute Gasteiger partial charge is 0.269 e. The van der Waals surface area contributed by atoms with E-state index in [4.69, 9.17) is 0 Å². The molecule has 2 aromatic carbocycles. The summed E-state index contributed by atoms with van der Waals surface area (Å²) in [7, 11) is -3.64. The van der Waals surface area contributed by atoms with Crippen LogP contribution in [0.4, 0.5) is 5.69 Å². The summed E-state index contributed by atoms with van der Waals surface area (Å²) < 4.78 is 27.3. The Morgan fingerprint density at radius 2 is 1.92 bits per heavy atom. The number of benzene rings is 2. The minimum absolute atomic E-state index is 0.0346. The smallest absolute Gasteiger partial charge is 0.258 e. The Balaban J connectivity index is 1.97. The fourth-order valence-corrected chi connectivity index (χ4v) is 5.83. The molecule has 0 aliphatic carbocycles. The SMILES string of the molecule is Cc1ccc(S(=O)(=O)N2CCS[C@@H]2c2cccc([N+](=O)[O-])c2)cc1. The Hall–Kier alpha value is -1.90. The molecule has 2 aromatic rings. The van der Waals surface area contributed by atoms with Crippen molar-refractivity contribution in [1.82, 2.24) is 4.31 Å². The molecule has 0 N–H and O–H groups in total. The number of nitro benzene ring substituents is 1. The molecular formula is C16H16N2O4S2. The van der Waals surface area contributed by atoms with E-state index in [0.29, 0.717) is 17.9 Å². The summed E-state index contributed by atoms with van der Waals surface area (Å²) in [4.78, 5) is 10.7. The molecule has 1 heterocycles. The average molecular weight is 364 g/mol. The lowest BCUT2D eigenvalue weighted by atomic mass is 10.2. The van der Waals surface area contributed by atoms with E-state index in [2.05, 4.69) is 0 Å². The van der Waals surface area contributed by atoms with Crippen LogP contribution in [0.2, 0.25) is 0 Å². The number of aryl methyl sites for hydroxylation is 1. The van der Waals surface area contributed by atoms with Crippen LogP contribution in [-0.2, 0) is 10.0 Å². The summed E-state index contributed by atoms with van der Waals surface area (Å²) in [6.07, 6.45) is 0. The first kappa shape index (κ1) is 16.9. The molecule has 0 spiro atoms. The van der Waals surface area contributed by atoms with Crippen molar-refractivity contribution in [2.75, 3.05) is 12.3 Å². The second-order valence-electron chi connectivity index (χ2n) is 5.50. The molecule has 0 bridgehead atoms. The van der Waals surface area contributed by atoms with Gasteiger partial charge in [0.15, 0.2) is 0 Å². The van der Waals surface area contributed by atoms with Gasteiger partial charge in [-0.05, 0) is 24.6 Å². The number of thioether (sulfide) groups is 1. The van der Waals surface area contributed by atoms with Crippen LogP contribution >= 0.6 is 11.8 Å². The quantitative estimate of drug-likeness (QED) is 0.614. The summed E-state index contributed by atoms with van der Waals surface area (Å²) >= 11 is 1.47. The zero-order valence-electron chi connectivity index (χ0n) is 13.0. The first-order valence-corrected chi connectivity index (χ1v) is 9.83. The first-order valence-electron chi connectivity index (χ1n) is 7.34. The van der Waals surface area contributed by atoms with Gasteiger partial charge in [0.2, 0.25) is 10.0 Å². The molecule has 8 heteroatoms. The van der Waals surface area contributed by atoms with Crippen molar-refractivity contribution in [3.63, 3.8) is 0 Å². The van der Waals surface area contributed by atoms with Crippen molar-refractivity contribution in [1.29, 1.82) is 0 Å². The maximum atomic E-state index is 12.9. The van der Waals surface area contributed by atoms with Gasteiger partial charge in [-0.2, -0.15) is 4.31 Å². The Morgan fingerprint density at radius 3 is 2.58 bits per heavy atom. The van der Waals surface area contributed by atoms with Crippen LogP contribution in [0.3, 0.4) is 0 Å². The Labute approximate surface area is 144 Å². The van der Waals surface area contributed by atoms with Gasteiger partial charge in [0.05, 0.1) is 15.2 Å². The third-order valence-corrected chi connectivity index (χ3v) is 7.12. The van der Waals surface area contributed by atoms with E-state index in [-0.39, 0.29) is 10.6 Å². The van der Waals surface area contributed by atoms with E-state index in [0.717, 1.165) is 5.56 Å². The number of hydrogen-bond donors (Lipinski definition) is 0. The summed E-state index contributed by atoms with van der Waals surface area (Å²) in [5, 5.41) is 10.5. The highest BCUT2D eigenvalue weighted by molar-refractivity contribution is 8.01. The monoisotopic (exact) mass is 364 g/mol. The van der Waals surface area contributed by atoms with Gasteiger partial charge in [-0.3, -0.25) is 10.1 Å². The van der Waals surface area contributed by atoms with Crippen molar-refractivity contribution in [2.45, 2.75) is 17.2 Å². The predicted octanol–water partition coefficient (Wildman–Crippen LogP) is 3.34. The molecule has 0 saturated carbocycles. The van der Waals surface area contributed by atoms with Gasteiger partial charge in [0.1, 0.15) is 0 Å². The maximum Gasteiger partial charge on any atom is 0.269 e. The van der Waals surface area contributed by atoms with Gasteiger partial charge >= 0.3 is 0 Å². The Morgan fingerprint density at radius 1 is 1.21 bits per heavy atom. The lowest BCUT2D eigenvalue weighted by molar-refractivity contribution is -0.384. The first-order chi connectivity index (χ1) is 11.4. The molecule has 1 saturated heterocycles. The van der Waals surface area contributed by atoms with E-state index in [1.54, 1.807) is 36.4 Å². The highest BCUT2D eigenvalue weighted by atomic mass is 32.2. The van der Waals surface area contributed by atoms with Crippen LogP contribution in [0.15, 0.2) is 53.4 Å². The van der Waals surface area contributed by atoms with Gasteiger partial charge in [-0.25, -0.2) is 8.42 Å². The van der Waals surface area contributed by atoms with Crippen molar-refractivity contribution in [3.8, 4) is 0 Å². The molecule has 0 unspecified atom stereocenters. The van der Waals surface area contributed by atoms with Crippen LogP contribution in [0.25, 0.3) is 0 Å². The lowest BCUT2D eigenvalue weighted by Gasteiger charge is -2.23. The predicted molar refractivity (Wildman–Crippen MR) is 93.4 cm³/mol. The molecule has 0 radical (unpaired) electrons.